The lowest BCUT2D eigenvalue weighted by atomic mass is 10.1. The number of hydrogen-bond acceptors (Lipinski definition) is 2. The van der Waals surface area contributed by atoms with E-state index in [1.165, 1.54) is 24.3 Å². The van der Waals surface area contributed by atoms with Crippen LogP contribution in [0.15, 0.2) is 42.6 Å². The van der Waals surface area contributed by atoms with Gasteiger partial charge in [0.1, 0.15) is 5.82 Å². The number of halogens is 1. The standard InChI is InChI=1S/C13H12FNO2/c14-11-5-3-10(4-6-11)13(17)8-15-7-1-2-12(15)9-16/h1-7,9,13,17H,8H2. The number of aldehydes is 1. The number of hydrogen-bond donors (Lipinski definition) is 1. The molecule has 0 bridgehead atoms. The molecule has 0 saturated heterocycles. The van der Waals surface area contributed by atoms with Crippen molar-refractivity contribution in [3.05, 3.63) is 59.7 Å². The van der Waals surface area contributed by atoms with Gasteiger partial charge in [-0.05, 0) is 29.8 Å². The van der Waals surface area contributed by atoms with Gasteiger partial charge in [-0.2, -0.15) is 0 Å². The van der Waals surface area contributed by atoms with Gasteiger partial charge < -0.3 is 9.67 Å². The SMILES string of the molecule is O=Cc1cccn1CC(O)c1ccc(F)cc1. The van der Waals surface area contributed by atoms with Crippen LogP contribution < -0.4 is 0 Å². The molecular formula is C13H12FNO2. The van der Waals surface area contributed by atoms with Gasteiger partial charge >= 0.3 is 0 Å². The summed E-state index contributed by atoms with van der Waals surface area (Å²) in [5, 5.41) is 9.94. The van der Waals surface area contributed by atoms with Crippen LogP contribution in [0.3, 0.4) is 0 Å². The van der Waals surface area contributed by atoms with Crippen LogP contribution in [0.4, 0.5) is 4.39 Å². The van der Waals surface area contributed by atoms with E-state index in [0.717, 1.165) is 6.29 Å². The van der Waals surface area contributed by atoms with Crippen molar-refractivity contribution in [3.63, 3.8) is 0 Å². The predicted molar refractivity (Wildman–Crippen MR) is 61.2 cm³/mol. The lowest BCUT2D eigenvalue weighted by Gasteiger charge is -2.13. The summed E-state index contributed by atoms with van der Waals surface area (Å²) in [6, 6.07) is 9.07. The van der Waals surface area contributed by atoms with Crippen molar-refractivity contribution in [2.75, 3.05) is 0 Å². The van der Waals surface area contributed by atoms with E-state index in [2.05, 4.69) is 0 Å². The summed E-state index contributed by atoms with van der Waals surface area (Å²) in [6.45, 7) is 0.271. The maximum absolute atomic E-state index is 12.7. The van der Waals surface area contributed by atoms with Gasteiger partial charge in [0.05, 0.1) is 18.3 Å². The van der Waals surface area contributed by atoms with E-state index in [1.807, 2.05) is 0 Å². The first-order valence-corrected chi connectivity index (χ1v) is 5.24. The molecule has 1 N–H and O–H groups in total. The van der Waals surface area contributed by atoms with Crippen LogP contribution in [0.5, 0.6) is 0 Å². The van der Waals surface area contributed by atoms with E-state index in [0.29, 0.717) is 11.3 Å². The molecule has 1 heterocycles. The first kappa shape index (κ1) is 11.5. The number of benzene rings is 1. The van der Waals surface area contributed by atoms with Crippen molar-refractivity contribution in [3.8, 4) is 0 Å². The minimum Gasteiger partial charge on any atom is -0.387 e. The van der Waals surface area contributed by atoms with Gasteiger partial charge in [-0.1, -0.05) is 12.1 Å². The van der Waals surface area contributed by atoms with Crippen LogP contribution in [-0.2, 0) is 6.54 Å². The number of nitrogens with zero attached hydrogens (tertiary/aromatic N) is 1. The number of rotatable bonds is 4. The number of aliphatic hydroxyl groups excluding tert-OH is 1. The number of aromatic nitrogens is 1. The molecule has 1 aromatic heterocycles. The molecule has 4 heteroatoms. The zero-order valence-corrected chi connectivity index (χ0v) is 9.08. The third kappa shape index (κ3) is 2.60. The Bertz CT molecular complexity index is 504. The maximum atomic E-state index is 12.7. The van der Waals surface area contributed by atoms with Crippen LogP contribution in [0.2, 0.25) is 0 Å². The minimum absolute atomic E-state index is 0.271. The predicted octanol–water partition coefficient (Wildman–Crippen LogP) is 2.17. The average molecular weight is 233 g/mol. The molecule has 0 spiro atoms. The Kier molecular flexibility index (Phi) is 3.35. The Morgan fingerprint density at radius 1 is 1.29 bits per heavy atom. The molecule has 1 aromatic carbocycles. The van der Waals surface area contributed by atoms with Gasteiger partial charge in [-0.3, -0.25) is 4.79 Å². The van der Waals surface area contributed by atoms with E-state index in [4.69, 9.17) is 0 Å². The Morgan fingerprint density at radius 3 is 2.65 bits per heavy atom. The molecule has 0 radical (unpaired) electrons. The van der Waals surface area contributed by atoms with Crippen LogP contribution in [0.25, 0.3) is 0 Å². The number of carbonyl (C=O) groups is 1. The van der Waals surface area contributed by atoms with Crippen LogP contribution >= 0.6 is 0 Å². The Balaban J connectivity index is 2.14. The zero-order valence-electron chi connectivity index (χ0n) is 9.08. The highest BCUT2D eigenvalue weighted by Gasteiger charge is 2.10. The van der Waals surface area contributed by atoms with Crippen molar-refractivity contribution in [1.82, 2.24) is 4.57 Å². The maximum Gasteiger partial charge on any atom is 0.166 e. The molecule has 1 unspecified atom stereocenters. The van der Waals surface area contributed by atoms with Crippen molar-refractivity contribution in [1.29, 1.82) is 0 Å². The zero-order chi connectivity index (χ0) is 12.3. The Morgan fingerprint density at radius 2 is 2.00 bits per heavy atom. The summed E-state index contributed by atoms with van der Waals surface area (Å²) in [5.41, 5.74) is 1.13. The van der Waals surface area contributed by atoms with Gasteiger partial charge in [-0.15, -0.1) is 0 Å². The first-order valence-electron chi connectivity index (χ1n) is 5.24. The van der Waals surface area contributed by atoms with Gasteiger partial charge in [0, 0.05) is 6.20 Å². The molecule has 0 aliphatic rings. The second-order valence-corrected chi connectivity index (χ2v) is 3.77. The highest BCUT2D eigenvalue weighted by Crippen LogP contribution is 2.16. The van der Waals surface area contributed by atoms with Crippen LogP contribution in [-0.4, -0.2) is 16.0 Å². The normalized spacial score (nSPS) is 12.4. The van der Waals surface area contributed by atoms with Gasteiger partial charge in [0.25, 0.3) is 0 Å². The molecule has 1 atom stereocenters. The van der Waals surface area contributed by atoms with E-state index in [9.17, 15) is 14.3 Å². The third-order valence-corrected chi connectivity index (χ3v) is 2.61. The lowest BCUT2D eigenvalue weighted by Crippen LogP contribution is -2.10. The van der Waals surface area contributed by atoms with Crippen molar-refractivity contribution in [2.45, 2.75) is 12.6 Å². The first-order chi connectivity index (χ1) is 8.20. The number of aliphatic hydroxyl groups is 1. The molecular weight excluding hydrogens is 221 g/mol. The molecule has 88 valence electrons. The summed E-state index contributed by atoms with van der Waals surface area (Å²) in [4.78, 5) is 10.7. The summed E-state index contributed by atoms with van der Waals surface area (Å²) in [6.07, 6.45) is 1.69. The van der Waals surface area contributed by atoms with E-state index >= 15 is 0 Å². The summed E-state index contributed by atoms with van der Waals surface area (Å²) in [7, 11) is 0. The second kappa shape index (κ2) is 4.93. The molecule has 0 aliphatic heterocycles. The number of carbonyl (C=O) groups excluding carboxylic acids is 1. The molecule has 0 amide bonds. The van der Waals surface area contributed by atoms with Gasteiger partial charge in [0.2, 0.25) is 0 Å². The molecule has 3 nitrogen and oxygen atoms in total. The quantitative estimate of drug-likeness (QED) is 0.822. The largest absolute Gasteiger partial charge is 0.387 e. The average Bonchev–Trinajstić information content (AvgIpc) is 2.77. The second-order valence-electron chi connectivity index (χ2n) is 3.77. The highest BCUT2D eigenvalue weighted by molar-refractivity contribution is 5.72. The van der Waals surface area contributed by atoms with Crippen molar-refractivity contribution < 1.29 is 14.3 Å². The fraction of sp³-hybridized carbons (Fsp3) is 0.154. The fourth-order valence-electron chi connectivity index (χ4n) is 1.68. The van der Waals surface area contributed by atoms with Gasteiger partial charge in [-0.25, -0.2) is 4.39 Å². The van der Waals surface area contributed by atoms with Gasteiger partial charge in [0.15, 0.2) is 6.29 Å². The highest BCUT2D eigenvalue weighted by atomic mass is 19.1. The van der Waals surface area contributed by atoms with E-state index in [1.54, 1.807) is 22.9 Å². The Labute approximate surface area is 98.1 Å². The van der Waals surface area contributed by atoms with Crippen LogP contribution in [0.1, 0.15) is 22.2 Å². The molecule has 0 fully saturated rings. The monoisotopic (exact) mass is 233 g/mol. The summed E-state index contributed by atoms with van der Waals surface area (Å²) >= 11 is 0. The smallest absolute Gasteiger partial charge is 0.166 e. The summed E-state index contributed by atoms with van der Waals surface area (Å²) in [5.74, 6) is -0.338. The van der Waals surface area contributed by atoms with Crippen LogP contribution in [0, 0.1) is 5.82 Å². The fourth-order valence-corrected chi connectivity index (χ4v) is 1.68. The minimum atomic E-state index is -0.762. The molecule has 2 rings (SSSR count). The molecule has 17 heavy (non-hydrogen) atoms. The molecule has 0 saturated carbocycles. The van der Waals surface area contributed by atoms with E-state index in [-0.39, 0.29) is 12.4 Å². The molecule has 0 aliphatic carbocycles. The van der Waals surface area contributed by atoms with Crippen molar-refractivity contribution in [2.24, 2.45) is 0 Å². The molecule has 2 aromatic rings. The van der Waals surface area contributed by atoms with E-state index < -0.39 is 6.10 Å². The lowest BCUT2D eigenvalue weighted by molar-refractivity contribution is 0.110. The third-order valence-electron chi connectivity index (χ3n) is 2.61. The Hall–Kier alpha value is -1.94. The topological polar surface area (TPSA) is 42.2 Å². The van der Waals surface area contributed by atoms with Crippen molar-refractivity contribution >= 4 is 6.29 Å². The summed E-state index contributed by atoms with van der Waals surface area (Å²) < 4.78 is 14.4.